The Labute approximate surface area is 248 Å². The minimum atomic E-state index is -1.49. The zero-order chi connectivity index (χ0) is 32.2. The minimum absolute atomic E-state index is 0.0587. The number of ether oxygens (including phenoxy) is 4. The van der Waals surface area contributed by atoms with Crippen molar-refractivity contribution in [2.24, 2.45) is 10.8 Å². The lowest BCUT2D eigenvalue weighted by Crippen LogP contribution is -2.38. The van der Waals surface area contributed by atoms with Crippen molar-refractivity contribution in [1.82, 2.24) is 0 Å². The first-order chi connectivity index (χ1) is 20.4. The van der Waals surface area contributed by atoms with Crippen LogP contribution in [0.25, 0.3) is 12.2 Å². The topological polar surface area (TPSA) is 189 Å². The smallest absolute Gasteiger partial charge is 0.322 e. The highest BCUT2D eigenvalue weighted by Gasteiger charge is 2.35. The summed E-state index contributed by atoms with van der Waals surface area (Å²) >= 11 is 0. The third-order valence-corrected chi connectivity index (χ3v) is 6.34. The number of methoxy groups -OCH3 is 2. The maximum absolute atomic E-state index is 12.4. The summed E-state index contributed by atoms with van der Waals surface area (Å²) < 4.78 is 21.0. The Hall–Kier alpha value is -4.49. The number of aliphatic hydroxyl groups is 5. The molecule has 2 rings (SSSR count). The molecule has 0 atom stereocenters. The Morgan fingerprint density at radius 3 is 1.44 bits per heavy atom. The molecule has 12 nitrogen and oxygen atoms in total. The first-order valence-corrected chi connectivity index (χ1v) is 12.9. The average Bonchev–Trinajstić information content (AvgIpc) is 3.02. The zero-order valence-corrected chi connectivity index (χ0v) is 24.3. The van der Waals surface area contributed by atoms with Crippen molar-refractivity contribution < 1.29 is 58.9 Å². The van der Waals surface area contributed by atoms with Crippen molar-refractivity contribution in [2.45, 2.75) is 13.8 Å². The second kappa shape index (κ2) is 15.7. The van der Waals surface area contributed by atoms with Gasteiger partial charge in [0.05, 0.1) is 40.6 Å². The van der Waals surface area contributed by atoms with Gasteiger partial charge >= 0.3 is 11.9 Å². The van der Waals surface area contributed by atoms with Crippen LogP contribution in [0.5, 0.6) is 23.0 Å². The average molecular weight is 601 g/mol. The van der Waals surface area contributed by atoms with Gasteiger partial charge in [-0.15, -0.1) is 0 Å². The summed E-state index contributed by atoms with van der Waals surface area (Å²) in [4.78, 5) is 37.0. The van der Waals surface area contributed by atoms with Gasteiger partial charge in [-0.25, -0.2) is 0 Å². The summed E-state index contributed by atoms with van der Waals surface area (Å²) in [6.07, 6.45) is 6.42. The summed E-state index contributed by atoms with van der Waals surface area (Å²) in [5, 5.41) is 47.7. The Morgan fingerprint density at radius 1 is 0.674 bits per heavy atom. The number of esters is 2. The third kappa shape index (κ3) is 9.25. The molecule has 0 aromatic heterocycles. The van der Waals surface area contributed by atoms with Gasteiger partial charge in [0.2, 0.25) is 0 Å². The van der Waals surface area contributed by atoms with Crippen LogP contribution in [0, 0.1) is 10.8 Å². The van der Waals surface area contributed by atoms with E-state index in [2.05, 4.69) is 0 Å². The van der Waals surface area contributed by atoms with E-state index in [0.29, 0.717) is 11.1 Å². The SMILES string of the molecule is COc1cc(/C=C/C(=O)C=C(O)/C=C/c2ccc(OC(=O)C(C)(CO)CO)c(OC)c2)ccc1OC(=O)C(C)(CO)CO. The zero-order valence-electron chi connectivity index (χ0n) is 24.3. The number of benzene rings is 2. The molecule has 0 heterocycles. The third-order valence-electron chi connectivity index (χ3n) is 6.34. The fourth-order valence-corrected chi connectivity index (χ4v) is 3.15. The molecule has 0 saturated carbocycles. The molecular weight excluding hydrogens is 564 g/mol. The lowest BCUT2D eigenvalue weighted by molar-refractivity contribution is -0.151. The quantitative estimate of drug-likeness (QED) is 0.0660. The Morgan fingerprint density at radius 2 is 1.07 bits per heavy atom. The maximum atomic E-state index is 12.4. The van der Waals surface area contributed by atoms with Crippen molar-refractivity contribution in [1.29, 1.82) is 0 Å². The van der Waals surface area contributed by atoms with Crippen molar-refractivity contribution in [2.75, 3.05) is 40.6 Å². The van der Waals surface area contributed by atoms with Gasteiger partial charge in [0.1, 0.15) is 16.6 Å². The summed E-state index contributed by atoms with van der Waals surface area (Å²) in [6.45, 7) is 0.258. The van der Waals surface area contributed by atoms with Gasteiger partial charge in [0.15, 0.2) is 28.8 Å². The Kier molecular flexibility index (Phi) is 12.6. The van der Waals surface area contributed by atoms with Crippen LogP contribution in [-0.2, 0) is 14.4 Å². The number of hydrogen-bond donors (Lipinski definition) is 5. The molecule has 0 bridgehead atoms. The Bertz CT molecular complexity index is 1380. The number of ketones is 1. The van der Waals surface area contributed by atoms with Crippen molar-refractivity contribution >= 4 is 29.9 Å². The van der Waals surface area contributed by atoms with Crippen LogP contribution in [0.4, 0.5) is 0 Å². The molecule has 0 spiro atoms. The molecule has 43 heavy (non-hydrogen) atoms. The van der Waals surface area contributed by atoms with Gasteiger partial charge in [0, 0.05) is 6.08 Å². The fraction of sp³-hybridized carbons (Fsp3) is 0.323. The molecule has 232 valence electrons. The lowest BCUT2D eigenvalue weighted by Gasteiger charge is -2.22. The molecule has 0 unspecified atom stereocenters. The van der Waals surface area contributed by atoms with E-state index in [-0.39, 0.29) is 28.8 Å². The van der Waals surface area contributed by atoms with Crippen molar-refractivity contribution in [3.8, 4) is 23.0 Å². The molecular formula is C31H36O12. The van der Waals surface area contributed by atoms with E-state index in [1.54, 1.807) is 12.1 Å². The van der Waals surface area contributed by atoms with E-state index in [0.717, 1.165) is 6.08 Å². The van der Waals surface area contributed by atoms with Gasteiger partial charge in [-0.1, -0.05) is 24.3 Å². The summed E-state index contributed by atoms with van der Waals surface area (Å²) in [5.41, 5.74) is -1.92. The van der Waals surface area contributed by atoms with Gasteiger partial charge < -0.3 is 44.5 Å². The van der Waals surface area contributed by atoms with Crippen molar-refractivity contribution in [3.63, 3.8) is 0 Å². The second-order valence-electron chi connectivity index (χ2n) is 9.99. The standard InChI is InChI=1S/C31H36O12/c1-30(16-32,17-33)28(38)42-24-11-7-20(13-26(24)40-3)5-9-22(36)15-23(37)10-6-21-8-12-25(27(14-21)41-4)43-29(39)31(2,18-34)19-35/h5-15,32-36H,16-19H2,1-4H3/b9-5+,10-6+,22-15?. The van der Waals surface area contributed by atoms with E-state index in [9.17, 15) is 39.9 Å². The van der Waals surface area contributed by atoms with Crippen LogP contribution in [0.3, 0.4) is 0 Å². The second-order valence-corrected chi connectivity index (χ2v) is 9.99. The molecule has 0 saturated heterocycles. The van der Waals surface area contributed by atoms with Gasteiger partial charge in [-0.3, -0.25) is 14.4 Å². The van der Waals surface area contributed by atoms with Crippen LogP contribution < -0.4 is 18.9 Å². The molecule has 0 aliphatic heterocycles. The van der Waals surface area contributed by atoms with E-state index in [1.807, 2.05) is 0 Å². The molecule has 2 aromatic carbocycles. The number of rotatable bonds is 15. The van der Waals surface area contributed by atoms with Gasteiger partial charge in [0.25, 0.3) is 0 Å². The van der Waals surface area contributed by atoms with Crippen LogP contribution in [-0.4, -0.2) is 83.9 Å². The predicted octanol–water partition coefficient (Wildman–Crippen LogP) is 2.23. The number of carbonyl (C=O) groups is 3. The molecule has 0 fully saturated rings. The van der Waals surface area contributed by atoms with E-state index >= 15 is 0 Å². The van der Waals surface area contributed by atoms with Crippen LogP contribution in [0.1, 0.15) is 25.0 Å². The monoisotopic (exact) mass is 600 g/mol. The normalized spacial score (nSPS) is 12.4. The number of aliphatic hydroxyl groups excluding tert-OH is 5. The largest absolute Gasteiger partial charge is 0.508 e. The predicted molar refractivity (Wildman–Crippen MR) is 156 cm³/mol. The highest BCUT2D eigenvalue weighted by atomic mass is 16.6. The van der Waals surface area contributed by atoms with E-state index in [4.69, 9.17) is 18.9 Å². The van der Waals surface area contributed by atoms with Crippen LogP contribution in [0.2, 0.25) is 0 Å². The number of allylic oxidation sites excluding steroid dienone is 3. The molecule has 0 amide bonds. The van der Waals surface area contributed by atoms with E-state index in [1.165, 1.54) is 76.6 Å². The summed E-state index contributed by atoms with van der Waals surface area (Å²) in [5.74, 6) is -2.08. The van der Waals surface area contributed by atoms with Crippen molar-refractivity contribution in [3.05, 3.63) is 71.5 Å². The molecule has 0 aliphatic rings. The van der Waals surface area contributed by atoms with Crippen LogP contribution in [0.15, 0.2) is 60.4 Å². The highest BCUT2D eigenvalue weighted by Crippen LogP contribution is 2.32. The molecule has 12 heteroatoms. The highest BCUT2D eigenvalue weighted by molar-refractivity contribution is 6.02. The van der Waals surface area contributed by atoms with E-state index < -0.39 is 55.0 Å². The minimum Gasteiger partial charge on any atom is -0.508 e. The number of hydrogen-bond acceptors (Lipinski definition) is 12. The lowest BCUT2D eigenvalue weighted by atomic mass is 9.93. The number of carbonyl (C=O) groups excluding carboxylic acids is 3. The summed E-state index contributed by atoms with van der Waals surface area (Å²) in [7, 11) is 2.72. The molecule has 0 aliphatic carbocycles. The first kappa shape index (κ1) is 34.7. The molecule has 2 aromatic rings. The molecule has 5 N–H and O–H groups in total. The van der Waals surface area contributed by atoms with Gasteiger partial charge in [-0.2, -0.15) is 0 Å². The maximum Gasteiger partial charge on any atom is 0.322 e. The Balaban J connectivity index is 2.11. The summed E-state index contributed by atoms with van der Waals surface area (Å²) in [6, 6.07) is 9.02. The molecule has 0 radical (unpaired) electrons. The fourth-order valence-electron chi connectivity index (χ4n) is 3.15. The first-order valence-electron chi connectivity index (χ1n) is 12.9. The van der Waals surface area contributed by atoms with Crippen LogP contribution >= 0.6 is 0 Å². The van der Waals surface area contributed by atoms with Gasteiger partial charge in [-0.05, 0) is 61.4 Å².